The van der Waals surface area contributed by atoms with Crippen molar-refractivity contribution in [1.29, 1.82) is 0 Å². The largest absolute Gasteiger partial charge is 0.494 e. The highest BCUT2D eigenvalue weighted by Crippen LogP contribution is 2.30. The van der Waals surface area contributed by atoms with E-state index in [-0.39, 0.29) is 11.3 Å². The second-order valence-corrected chi connectivity index (χ2v) is 5.76. The van der Waals surface area contributed by atoms with Crippen molar-refractivity contribution < 1.29 is 9.53 Å². The average molecular weight is 264 g/mol. The highest BCUT2D eigenvalue weighted by atomic mass is 16.5. The van der Waals surface area contributed by atoms with Crippen LogP contribution in [0.4, 0.5) is 5.69 Å². The molecule has 0 radical (unpaired) electrons. The summed E-state index contributed by atoms with van der Waals surface area (Å²) in [5.41, 5.74) is 8.27. The summed E-state index contributed by atoms with van der Waals surface area (Å²) in [6, 6.07) is 3.94. The number of amides is 1. The molecule has 0 fully saturated rings. The number of aryl methyl sites for hydroxylation is 2. The van der Waals surface area contributed by atoms with Crippen molar-refractivity contribution in [1.82, 2.24) is 0 Å². The molecule has 0 saturated carbocycles. The third-order valence-electron chi connectivity index (χ3n) is 3.09. The molecular weight excluding hydrogens is 240 g/mol. The zero-order valence-electron chi connectivity index (χ0n) is 12.5. The lowest BCUT2D eigenvalue weighted by molar-refractivity contribution is -0.117. The average Bonchev–Trinajstić information content (AvgIpc) is 2.27. The Balaban J connectivity index is 2.90. The number of carbonyl (C=O) groups is 1. The Morgan fingerprint density at radius 3 is 2.53 bits per heavy atom. The van der Waals surface area contributed by atoms with E-state index in [2.05, 4.69) is 5.32 Å². The molecule has 0 aliphatic rings. The number of nitrogens with one attached hydrogen (secondary N) is 1. The van der Waals surface area contributed by atoms with E-state index >= 15 is 0 Å². The quantitative estimate of drug-likeness (QED) is 0.859. The van der Waals surface area contributed by atoms with Gasteiger partial charge >= 0.3 is 0 Å². The van der Waals surface area contributed by atoms with Gasteiger partial charge in [0.25, 0.3) is 0 Å². The minimum atomic E-state index is -0.198. The van der Waals surface area contributed by atoms with Crippen LogP contribution in [0.15, 0.2) is 12.1 Å². The van der Waals surface area contributed by atoms with E-state index in [1.165, 1.54) is 0 Å². The maximum atomic E-state index is 12.1. The Kier molecular flexibility index (Phi) is 4.95. The second-order valence-electron chi connectivity index (χ2n) is 5.76. The van der Waals surface area contributed by atoms with Crippen LogP contribution in [-0.4, -0.2) is 19.6 Å². The summed E-state index contributed by atoms with van der Waals surface area (Å²) in [5.74, 6) is 0.670. The van der Waals surface area contributed by atoms with Gasteiger partial charge in [0, 0.05) is 6.42 Å². The van der Waals surface area contributed by atoms with E-state index in [1.54, 1.807) is 7.11 Å². The predicted octanol–water partition coefficient (Wildman–Crippen LogP) is 2.63. The molecule has 0 aliphatic heterocycles. The monoisotopic (exact) mass is 264 g/mol. The van der Waals surface area contributed by atoms with Crippen molar-refractivity contribution in [3.63, 3.8) is 0 Å². The molecule has 0 heterocycles. The molecule has 1 amide bonds. The van der Waals surface area contributed by atoms with Gasteiger partial charge in [-0.15, -0.1) is 0 Å². The van der Waals surface area contributed by atoms with E-state index in [4.69, 9.17) is 10.5 Å². The van der Waals surface area contributed by atoms with Crippen molar-refractivity contribution in [2.75, 3.05) is 19.0 Å². The van der Waals surface area contributed by atoms with Gasteiger partial charge < -0.3 is 15.8 Å². The van der Waals surface area contributed by atoms with Gasteiger partial charge in [-0.05, 0) is 43.0 Å². The maximum Gasteiger partial charge on any atom is 0.225 e. The molecule has 0 atom stereocenters. The smallest absolute Gasteiger partial charge is 0.225 e. The van der Waals surface area contributed by atoms with Crippen molar-refractivity contribution in [3.05, 3.63) is 23.3 Å². The molecule has 1 rings (SSSR count). The van der Waals surface area contributed by atoms with Crippen LogP contribution >= 0.6 is 0 Å². The number of nitrogens with two attached hydrogens (primary N) is 1. The molecule has 1 aromatic rings. The van der Waals surface area contributed by atoms with Crippen molar-refractivity contribution >= 4 is 11.6 Å². The van der Waals surface area contributed by atoms with Crippen LogP contribution in [0, 0.1) is 19.3 Å². The van der Waals surface area contributed by atoms with Gasteiger partial charge in [-0.3, -0.25) is 4.79 Å². The number of anilines is 1. The fraction of sp³-hybridized carbons (Fsp3) is 0.533. The lowest BCUT2D eigenvalue weighted by Gasteiger charge is -2.22. The summed E-state index contributed by atoms with van der Waals surface area (Å²) in [6.45, 7) is 8.39. The lowest BCUT2D eigenvalue weighted by Crippen LogP contribution is -2.29. The van der Waals surface area contributed by atoms with Crippen LogP contribution in [0.1, 0.15) is 31.4 Å². The highest BCUT2D eigenvalue weighted by molar-refractivity contribution is 5.93. The van der Waals surface area contributed by atoms with Crippen molar-refractivity contribution in [2.45, 2.75) is 34.1 Å². The van der Waals surface area contributed by atoms with Crippen LogP contribution in [0.3, 0.4) is 0 Å². The van der Waals surface area contributed by atoms with Gasteiger partial charge in [0.1, 0.15) is 5.75 Å². The third-order valence-corrected chi connectivity index (χ3v) is 3.09. The summed E-state index contributed by atoms with van der Waals surface area (Å²) in [6.07, 6.45) is 0.389. The van der Waals surface area contributed by atoms with E-state index in [9.17, 15) is 4.79 Å². The van der Waals surface area contributed by atoms with Crippen LogP contribution in [-0.2, 0) is 4.79 Å². The van der Waals surface area contributed by atoms with Crippen LogP contribution in [0.2, 0.25) is 0 Å². The molecule has 0 aromatic heterocycles. The van der Waals surface area contributed by atoms with E-state index in [1.807, 2.05) is 39.8 Å². The molecule has 0 unspecified atom stereocenters. The lowest BCUT2D eigenvalue weighted by atomic mass is 9.89. The van der Waals surface area contributed by atoms with Gasteiger partial charge in [-0.2, -0.15) is 0 Å². The standard InChI is InChI=1S/C15H24N2O2/c1-10-6-11(2)14(19-5)12(7-10)17-13(18)8-15(3,4)9-16/h6-7H,8-9,16H2,1-5H3,(H,17,18). The summed E-state index contributed by atoms with van der Waals surface area (Å²) >= 11 is 0. The molecule has 0 spiro atoms. The molecule has 4 nitrogen and oxygen atoms in total. The number of rotatable bonds is 5. The molecule has 0 aliphatic carbocycles. The Bertz CT molecular complexity index is 467. The number of carbonyl (C=O) groups excluding carboxylic acids is 1. The number of methoxy groups -OCH3 is 1. The minimum Gasteiger partial charge on any atom is -0.494 e. The molecule has 0 saturated heterocycles. The second kappa shape index (κ2) is 6.06. The number of hydrogen-bond acceptors (Lipinski definition) is 3. The zero-order chi connectivity index (χ0) is 14.6. The summed E-state index contributed by atoms with van der Waals surface area (Å²) in [7, 11) is 1.61. The summed E-state index contributed by atoms with van der Waals surface area (Å²) < 4.78 is 5.35. The zero-order valence-corrected chi connectivity index (χ0v) is 12.5. The van der Waals surface area contributed by atoms with Gasteiger partial charge in [0.05, 0.1) is 12.8 Å². The highest BCUT2D eigenvalue weighted by Gasteiger charge is 2.21. The Labute approximate surface area is 115 Å². The van der Waals surface area contributed by atoms with Crippen LogP contribution in [0.25, 0.3) is 0 Å². The molecule has 4 heteroatoms. The number of ether oxygens (including phenoxy) is 1. The van der Waals surface area contributed by atoms with Crippen LogP contribution < -0.4 is 15.8 Å². The first kappa shape index (κ1) is 15.5. The number of benzene rings is 1. The first-order valence-corrected chi connectivity index (χ1v) is 6.44. The third kappa shape index (κ3) is 4.24. The van der Waals surface area contributed by atoms with Gasteiger partial charge in [0.2, 0.25) is 5.91 Å². The fourth-order valence-corrected chi connectivity index (χ4v) is 2.02. The molecule has 0 bridgehead atoms. The Hall–Kier alpha value is -1.55. The topological polar surface area (TPSA) is 64.3 Å². The van der Waals surface area contributed by atoms with E-state index < -0.39 is 0 Å². The van der Waals surface area contributed by atoms with Crippen molar-refractivity contribution in [2.24, 2.45) is 11.1 Å². The van der Waals surface area contributed by atoms with E-state index in [0.29, 0.717) is 18.7 Å². The van der Waals surface area contributed by atoms with Gasteiger partial charge in [-0.1, -0.05) is 19.9 Å². The number of hydrogen-bond donors (Lipinski definition) is 2. The SMILES string of the molecule is COc1c(C)cc(C)cc1NC(=O)CC(C)(C)CN. The summed E-state index contributed by atoms with van der Waals surface area (Å²) in [5, 5.41) is 2.91. The first-order valence-electron chi connectivity index (χ1n) is 6.44. The molecule has 3 N–H and O–H groups in total. The first-order chi connectivity index (χ1) is 8.79. The predicted molar refractivity (Wildman–Crippen MR) is 78.6 cm³/mol. The molecular formula is C15H24N2O2. The fourth-order valence-electron chi connectivity index (χ4n) is 2.02. The van der Waals surface area contributed by atoms with Gasteiger partial charge in [-0.25, -0.2) is 0 Å². The normalized spacial score (nSPS) is 11.3. The Morgan fingerprint density at radius 2 is 2.00 bits per heavy atom. The maximum absolute atomic E-state index is 12.1. The molecule has 1 aromatic carbocycles. The minimum absolute atomic E-state index is 0.0428. The Morgan fingerprint density at radius 1 is 1.37 bits per heavy atom. The van der Waals surface area contributed by atoms with Crippen LogP contribution in [0.5, 0.6) is 5.75 Å². The molecule has 106 valence electrons. The van der Waals surface area contributed by atoms with E-state index in [0.717, 1.165) is 16.8 Å². The van der Waals surface area contributed by atoms with Gasteiger partial charge in [0.15, 0.2) is 0 Å². The molecule has 19 heavy (non-hydrogen) atoms. The van der Waals surface area contributed by atoms with Crippen molar-refractivity contribution in [3.8, 4) is 5.75 Å². The summed E-state index contributed by atoms with van der Waals surface area (Å²) in [4.78, 5) is 12.1.